The Balaban J connectivity index is 2.25. The number of nitrogens with zero attached hydrogens (tertiary/aromatic N) is 1. The van der Waals surface area contributed by atoms with Crippen LogP contribution in [0.1, 0.15) is 11.8 Å². The summed E-state index contributed by atoms with van der Waals surface area (Å²) in [6.07, 6.45) is -0.0235. The molecule has 1 atom stereocenters. The summed E-state index contributed by atoms with van der Waals surface area (Å²) in [6, 6.07) is 3.51. The van der Waals surface area contributed by atoms with Crippen LogP contribution in [0.5, 0.6) is 0 Å². The molecule has 6 heteroatoms. The van der Waals surface area contributed by atoms with Gasteiger partial charge in [-0.25, -0.2) is 8.42 Å². The third-order valence-electron chi connectivity index (χ3n) is 2.51. The number of aryl methyl sites for hydroxylation is 1. The zero-order chi connectivity index (χ0) is 11.8. The normalized spacial score (nSPS) is 23.5. The van der Waals surface area contributed by atoms with Crippen molar-refractivity contribution < 1.29 is 13.2 Å². The van der Waals surface area contributed by atoms with Crippen molar-refractivity contribution in [2.75, 3.05) is 19.7 Å². The summed E-state index contributed by atoms with van der Waals surface area (Å²) in [5, 5.41) is 0. The molecular formula is C10H15NO3S2. The third kappa shape index (κ3) is 2.29. The summed E-state index contributed by atoms with van der Waals surface area (Å²) in [5.74, 6) is 0. The molecule has 1 unspecified atom stereocenters. The molecular weight excluding hydrogens is 246 g/mol. The quantitative estimate of drug-likeness (QED) is 0.810. The van der Waals surface area contributed by atoms with E-state index in [0.717, 1.165) is 4.88 Å². The summed E-state index contributed by atoms with van der Waals surface area (Å²) in [6.45, 7) is 5.17. The average Bonchev–Trinajstić information content (AvgIpc) is 2.65. The van der Waals surface area contributed by atoms with Crippen LogP contribution in [0.25, 0.3) is 0 Å². The second-order valence-electron chi connectivity index (χ2n) is 3.91. The zero-order valence-corrected chi connectivity index (χ0v) is 11.0. The first-order chi connectivity index (χ1) is 7.50. The van der Waals surface area contributed by atoms with Gasteiger partial charge in [-0.3, -0.25) is 0 Å². The highest BCUT2D eigenvalue weighted by Gasteiger charge is 2.29. The minimum Gasteiger partial charge on any atom is -0.376 e. The fraction of sp³-hybridized carbons (Fsp3) is 0.600. The summed E-state index contributed by atoms with van der Waals surface area (Å²) in [4.78, 5) is 1.01. The van der Waals surface area contributed by atoms with Crippen LogP contribution >= 0.6 is 11.3 Å². The van der Waals surface area contributed by atoms with Crippen LogP contribution in [0, 0.1) is 6.92 Å². The SMILES string of the molecule is Cc1ccc(S(=O)(=O)N2CCOC(C)C2)s1. The molecule has 1 aromatic rings. The standard InChI is InChI=1S/C10H15NO3S2/c1-8-7-11(5-6-14-8)16(12,13)10-4-3-9(2)15-10/h3-4,8H,5-7H2,1-2H3. The Labute approximate surface area is 99.9 Å². The fourth-order valence-electron chi connectivity index (χ4n) is 1.68. The number of rotatable bonds is 2. The van der Waals surface area contributed by atoms with Crippen LogP contribution in [-0.2, 0) is 14.8 Å². The maximum atomic E-state index is 12.2. The first-order valence-electron chi connectivity index (χ1n) is 5.18. The van der Waals surface area contributed by atoms with Crippen molar-refractivity contribution in [1.29, 1.82) is 0 Å². The highest BCUT2D eigenvalue weighted by atomic mass is 32.2. The Kier molecular flexibility index (Phi) is 3.34. The molecule has 1 aliphatic rings. The van der Waals surface area contributed by atoms with Gasteiger partial charge in [0.1, 0.15) is 4.21 Å². The van der Waals surface area contributed by atoms with Crippen molar-refractivity contribution in [3.05, 3.63) is 17.0 Å². The topological polar surface area (TPSA) is 46.6 Å². The third-order valence-corrected chi connectivity index (χ3v) is 5.85. The van der Waals surface area contributed by atoms with Gasteiger partial charge in [-0.1, -0.05) is 0 Å². The molecule has 2 heterocycles. The second kappa shape index (κ2) is 4.44. The number of hydrogen-bond donors (Lipinski definition) is 0. The van der Waals surface area contributed by atoms with E-state index in [4.69, 9.17) is 4.74 Å². The van der Waals surface area contributed by atoms with E-state index in [9.17, 15) is 8.42 Å². The first-order valence-corrected chi connectivity index (χ1v) is 7.44. The summed E-state index contributed by atoms with van der Waals surface area (Å²) < 4.78 is 31.7. The molecule has 0 saturated carbocycles. The molecule has 16 heavy (non-hydrogen) atoms. The van der Waals surface area contributed by atoms with E-state index in [-0.39, 0.29) is 6.10 Å². The molecule has 0 aromatic carbocycles. The minimum absolute atomic E-state index is 0.0235. The van der Waals surface area contributed by atoms with Crippen LogP contribution in [0.3, 0.4) is 0 Å². The molecule has 0 aliphatic carbocycles. The van der Waals surface area contributed by atoms with Crippen LogP contribution in [-0.4, -0.2) is 38.5 Å². The van der Waals surface area contributed by atoms with Crippen molar-refractivity contribution in [2.45, 2.75) is 24.2 Å². The van der Waals surface area contributed by atoms with Gasteiger partial charge in [0, 0.05) is 18.0 Å². The second-order valence-corrected chi connectivity index (χ2v) is 7.36. The van der Waals surface area contributed by atoms with E-state index in [2.05, 4.69) is 0 Å². The minimum atomic E-state index is -3.30. The van der Waals surface area contributed by atoms with Crippen LogP contribution in [0.2, 0.25) is 0 Å². The first kappa shape index (κ1) is 12.0. The Morgan fingerprint density at radius 2 is 2.25 bits per heavy atom. The van der Waals surface area contributed by atoms with E-state index in [1.807, 2.05) is 19.9 Å². The number of hydrogen-bond acceptors (Lipinski definition) is 4. The van der Waals surface area contributed by atoms with E-state index < -0.39 is 10.0 Å². The summed E-state index contributed by atoms with van der Waals surface area (Å²) in [5.41, 5.74) is 0. The Morgan fingerprint density at radius 3 is 2.81 bits per heavy atom. The van der Waals surface area contributed by atoms with Gasteiger partial charge in [-0.2, -0.15) is 4.31 Å². The van der Waals surface area contributed by atoms with Gasteiger partial charge in [0.05, 0.1) is 12.7 Å². The van der Waals surface area contributed by atoms with Crippen molar-refractivity contribution in [2.24, 2.45) is 0 Å². The van der Waals surface area contributed by atoms with E-state index in [1.54, 1.807) is 6.07 Å². The zero-order valence-electron chi connectivity index (χ0n) is 9.34. The molecule has 1 saturated heterocycles. The highest BCUT2D eigenvalue weighted by molar-refractivity contribution is 7.91. The summed E-state index contributed by atoms with van der Waals surface area (Å²) >= 11 is 1.32. The average molecular weight is 261 g/mol. The van der Waals surface area contributed by atoms with Crippen molar-refractivity contribution in [3.8, 4) is 0 Å². The van der Waals surface area contributed by atoms with Gasteiger partial charge in [0.15, 0.2) is 0 Å². The molecule has 1 aliphatic heterocycles. The predicted molar refractivity (Wildman–Crippen MR) is 63.2 cm³/mol. The van der Waals surface area contributed by atoms with E-state index in [1.165, 1.54) is 15.6 Å². The molecule has 1 fully saturated rings. The van der Waals surface area contributed by atoms with Crippen LogP contribution in [0.15, 0.2) is 16.3 Å². The molecule has 0 bridgehead atoms. The van der Waals surface area contributed by atoms with Crippen LogP contribution < -0.4 is 0 Å². The lowest BCUT2D eigenvalue weighted by Gasteiger charge is -2.29. The highest BCUT2D eigenvalue weighted by Crippen LogP contribution is 2.25. The van der Waals surface area contributed by atoms with Gasteiger partial charge < -0.3 is 4.74 Å². The monoisotopic (exact) mass is 261 g/mol. The van der Waals surface area contributed by atoms with Gasteiger partial charge in [-0.05, 0) is 26.0 Å². The molecule has 2 rings (SSSR count). The van der Waals surface area contributed by atoms with Crippen LogP contribution in [0.4, 0.5) is 0 Å². The maximum Gasteiger partial charge on any atom is 0.252 e. The largest absolute Gasteiger partial charge is 0.376 e. The van der Waals surface area contributed by atoms with Crippen molar-refractivity contribution in [1.82, 2.24) is 4.31 Å². The molecule has 4 nitrogen and oxygen atoms in total. The summed E-state index contributed by atoms with van der Waals surface area (Å²) in [7, 11) is -3.30. The Morgan fingerprint density at radius 1 is 1.50 bits per heavy atom. The molecule has 0 spiro atoms. The molecule has 0 N–H and O–H groups in total. The van der Waals surface area contributed by atoms with Gasteiger partial charge in [0.2, 0.25) is 0 Å². The van der Waals surface area contributed by atoms with Crippen molar-refractivity contribution in [3.63, 3.8) is 0 Å². The number of morpholine rings is 1. The molecule has 1 aromatic heterocycles. The molecule has 0 radical (unpaired) electrons. The van der Waals surface area contributed by atoms with Gasteiger partial charge in [-0.15, -0.1) is 11.3 Å². The Hall–Kier alpha value is -0.430. The predicted octanol–water partition coefficient (Wildman–Crippen LogP) is 1.47. The maximum absolute atomic E-state index is 12.2. The molecule has 90 valence electrons. The van der Waals surface area contributed by atoms with E-state index >= 15 is 0 Å². The lowest BCUT2D eigenvalue weighted by atomic mass is 10.3. The lowest BCUT2D eigenvalue weighted by molar-refractivity contribution is 0.0102. The number of thiophene rings is 1. The van der Waals surface area contributed by atoms with E-state index in [0.29, 0.717) is 23.9 Å². The lowest BCUT2D eigenvalue weighted by Crippen LogP contribution is -2.44. The number of sulfonamides is 1. The van der Waals surface area contributed by atoms with Gasteiger partial charge in [0.25, 0.3) is 10.0 Å². The Bertz CT molecular complexity index is 466. The number of ether oxygens (including phenoxy) is 1. The van der Waals surface area contributed by atoms with Crippen molar-refractivity contribution >= 4 is 21.4 Å². The van der Waals surface area contributed by atoms with Gasteiger partial charge >= 0.3 is 0 Å². The fourth-order valence-corrected chi connectivity index (χ4v) is 4.62. The molecule has 0 amide bonds. The smallest absolute Gasteiger partial charge is 0.252 e.